The van der Waals surface area contributed by atoms with Gasteiger partial charge in [-0.25, -0.2) is 4.68 Å². The fraction of sp³-hybridized carbons (Fsp3) is 0.231. The van der Waals surface area contributed by atoms with E-state index in [1.807, 2.05) is 31.2 Å². The lowest BCUT2D eigenvalue weighted by Gasteiger charge is -2.03. The van der Waals surface area contributed by atoms with Gasteiger partial charge in [0.1, 0.15) is 0 Å². The van der Waals surface area contributed by atoms with E-state index in [1.165, 1.54) is 5.56 Å². The second-order valence-corrected chi connectivity index (χ2v) is 4.08. The molecule has 88 valence electrons. The van der Waals surface area contributed by atoms with Crippen LogP contribution < -0.4 is 0 Å². The molecule has 0 spiro atoms. The van der Waals surface area contributed by atoms with Crippen LogP contribution in [0.15, 0.2) is 36.5 Å². The van der Waals surface area contributed by atoms with Crippen molar-refractivity contribution in [3.8, 4) is 5.69 Å². The second kappa shape index (κ2) is 4.41. The molecule has 2 aromatic rings. The molecule has 0 saturated heterocycles. The van der Waals surface area contributed by atoms with Gasteiger partial charge in [0.25, 0.3) is 0 Å². The first kappa shape index (κ1) is 11.4. The summed E-state index contributed by atoms with van der Waals surface area (Å²) in [5.41, 5.74) is 2.68. The summed E-state index contributed by atoms with van der Waals surface area (Å²) in [6.45, 7) is 3.65. The van der Waals surface area contributed by atoms with Gasteiger partial charge in [0.15, 0.2) is 0 Å². The Balaban J connectivity index is 2.29. The quantitative estimate of drug-likeness (QED) is 0.880. The highest BCUT2D eigenvalue weighted by molar-refractivity contribution is 5.74. The molecule has 1 aromatic carbocycles. The predicted octanol–water partition coefficient (Wildman–Crippen LogP) is 2.37. The maximum absolute atomic E-state index is 10.8. The number of nitrogens with zero attached hydrogens (tertiary/aromatic N) is 2. The van der Waals surface area contributed by atoms with Crippen LogP contribution in [-0.2, 0) is 4.79 Å². The molecule has 0 amide bonds. The summed E-state index contributed by atoms with van der Waals surface area (Å²) in [5, 5.41) is 13.2. The molecule has 2 rings (SSSR count). The van der Waals surface area contributed by atoms with E-state index in [2.05, 4.69) is 5.10 Å². The summed E-state index contributed by atoms with van der Waals surface area (Å²) < 4.78 is 1.69. The molecule has 1 heterocycles. The van der Waals surface area contributed by atoms with Crippen molar-refractivity contribution in [1.82, 2.24) is 9.78 Å². The van der Waals surface area contributed by atoms with E-state index in [0.29, 0.717) is 5.69 Å². The lowest BCUT2D eigenvalue weighted by molar-refractivity contribution is -0.138. The number of aryl methyl sites for hydroxylation is 1. The van der Waals surface area contributed by atoms with Crippen LogP contribution in [0.25, 0.3) is 5.69 Å². The molecule has 17 heavy (non-hydrogen) atoms. The second-order valence-electron chi connectivity index (χ2n) is 4.08. The van der Waals surface area contributed by atoms with Gasteiger partial charge in [0.2, 0.25) is 0 Å². The highest BCUT2D eigenvalue weighted by Gasteiger charge is 2.16. The first-order chi connectivity index (χ1) is 8.08. The lowest BCUT2D eigenvalue weighted by atomic mass is 10.1. The SMILES string of the molecule is Cc1ccc(-n2ccc(C(C)C(=O)O)n2)cc1. The van der Waals surface area contributed by atoms with E-state index < -0.39 is 11.9 Å². The molecule has 0 fully saturated rings. The monoisotopic (exact) mass is 230 g/mol. The molecular weight excluding hydrogens is 216 g/mol. The van der Waals surface area contributed by atoms with Gasteiger partial charge in [-0.15, -0.1) is 0 Å². The Morgan fingerprint density at radius 1 is 1.29 bits per heavy atom. The first-order valence-corrected chi connectivity index (χ1v) is 5.43. The number of aromatic nitrogens is 2. The molecular formula is C13H14N2O2. The van der Waals surface area contributed by atoms with Crippen molar-refractivity contribution < 1.29 is 9.90 Å². The Hall–Kier alpha value is -2.10. The highest BCUT2D eigenvalue weighted by Crippen LogP contribution is 2.15. The topological polar surface area (TPSA) is 55.1 Å². The van der Waals surface area contributed by atoms with Crippen molar-refractivity contribution in [3.63, 3.8) is 0 Å². The molecule has 1 unspecified atom stereocenters. The molecule has 0 aliphatic heterocycles. The van der Waals surface area contributed by atoms with Crippen molar-refractivity contribution in [1.29, 1.82) is 0 Å². The van der Waals surface area contributed by atoms with Crippen LogP contribution in [0.5, 0.6) is 0 Å². The Labute approximate surface area is 99.5 Å². The van der Waals surface area contributed by atoms with E-state index in [-0.39, 0.29) is 0 Å². The molecule has 4 heteroatoms. The normalized spacial score (nSPS) is 12.4. The molecule has 1 N–H and O–H groups in total. The fourth-order valence-electron chi connectivity index (χ4n) is 1.54. The summed E-state index contributed by atoms with van der Waals surface area (Å²) in [7, 11) is 0. The molecule has 0 aliphatic rings. The van der Waals surface area contributed by atoms with Gasteiger partial charge in [-0.05, 0) is 32.0 Å². The molecule has 1 aromatic heterocycles. The van der Waals surface area contributed by atoms with E-state index in [1.54, 1.807) is 23.9 Å². The predicted molar refractivity (Wildman–Crippen MR) is 64.4 cm³/mol. The maximum atomic E-state index is 10.8. The summed E-state index contributed by atoms with van der Waals surface area (Å²) in [5.74, 6) is -1.44. The number of carboxylic acids is 1. The summed E-state index contributed by atoms with van der Waals surface area (Å²) in [4.78, 5) is 10.8. The molecule has 0 saturated carbocycles. The van der Waals surface area contributed by atoms with Gasteiger partial charge in [-0.2, -0.15) is 5.10 Å². The van der Waals surface area contributed by atoms with Gasteiger partial charge in [0, 0.05) is 6.20 Å². The third-order valence-corrected chi connectivity index (χ3v) is 2.72. The van der Waals surface area contributed by atoms with Crippen LogP contribution in [0.3, 0.4) is 0 Å². The zero-order valence-electron chi connectivity index (χ0n) is 9.79. The van der Waals surface area contributed by atoms with Crippen LogP contribution in [-0.4, -0.2) is 20.9 Å². The minimum Gasteiger partial charge on any atom is -0.481 e. The van der Waals surface area contributed by atoms with Crippen LogP contribution in [0.2, 0.25) is 0 Å². The van der Waals surface area contributed by atoms with E-state index in [0.717, 1.165) is 5.69 Å². The van der Waals surface area contributed by atoms with E-state index in [4.69, 9.17) is 5.11 Å². The maximum Gasteiger partial charge on any atom is 0.312 e. The Morgan fingerprint density at radius 2 is 1.94 bits per heavy atom. The van der Waals surface area contributed by atoms with Gasteiger partial charge in [0.05, 0.1) is 17.3 Å². The minimum atomic E-state index is -0.862. The number of aliphatic carboxylic acids is 1. The number of hydrogen-bond acceptors (Lipinski definition) is 2. The third-order valence-electron chi connectivity index (χ3n) is 2.72. The average molecular weight is 230 g/mol. The standard InChI is InChI=1S/C13H14N2O2/c1-9-3-5-11(6-4-9)15-8-7-12(14-15)10(2)13(16)17/h3-8,10H,1-2H3,(H,16,17). The Kier molecular flexibility index (Phi) is 2.95. The summed E-state index contributed by atoms with van der Waals surface area (Å²) in [6.07, 6.45) is 1.78. The number of benzene rings is 1. The van der Waals surface area contributed by atoms with Crippen molar-refractivity contribution in [2.24, 2.45) is 0 Å². The largest absolute Gasteiger partial charge is 0.481 e. The van der Waals surface area contributed by atoms with Crippen molar-refractivity contribution in [3.05, 3.63) is 47.8 Å². The zero-order valence-corrected chi connectivity index (χ0v) is 9.79. The minimum absolute atomic E-state index is 0.568. The van der Waals surface area contributed by atoms with Crippen molar-refractivity contribution in [2.75, 3.05) is 0 Å². The highest BCUT2D eigenvalue weighted by atomic mass is 16.4. The zero-order chi connectivity index (χ0) is 12.4. The van der Waals surface area contributed by atoms with Gasteiger partial charge in [-0.1, -0.05) is 17.7 Å². The van der Waals surface area contributed by atoms with Crippen molar-refractivity contribution >= 4 is 5.97 Å². The van der Waals surface area contributed by atoms with Crippen LogP contribution in [0.4, 0.5) is 0 Å². The molecule has 0 radical (unpaired) electrons. The van der Waals surface area contributed by atoms with Gasteiger partial charge < -0.3 is 5.11 Å². The van der Waals surface area contributed by atoms with Gasteiger partial charge in [-0.3, -0.25) is 4.79 Å². The number of carbonyl (C=O) groups is 1. The lowest BCUT2D eigenvalue weighted by Crippen LogP contribution is -2.08. The molecule has 1 atom stereocenters. The average Bonchev–Trinajstić information content (AvgIpc) is 2.78. The molecule has 0 bridgehead atoms. The smallest absolute Gasteiger partial charge is 0.312 e. The summed E-state index contributed by atoms with van der Waals surface area (Å²) in [6, 6.07) is 9.64. The number of carboxylic acid groups (broad SMARTS) is 1. The first-order valence-electron chi connectivity index (χ1n) is 5.43. The molecule has 0 aliphatic carbocycles. The van der Waals surface area contributed by atoms with Crippen LogP contribution >= 0.6 is 0 Å². The van der Waals surface area contributed by atoms with Crippen LogP contribution in [0.1, 0.15) is 24.1 Å². The van der Waals surface area contributed by atoms with E-state index in [9.17, 15) is 4.79 Å². The van der Waals surface area contributed by atoms with E-state index >= 15 is 0 Å². The Morgan fingerprint density at radius 3 is 2.53 bits per heavy atom. The summed E-state index contributed by atoms with van der Waals surface area (Å²) >= 11 is 0. The third kappa shape index (κ3) is 2.36. The Bertz CT molecular complexity index is 529. The van der Waals surface area contributed by atoms with Crippen LogP contribution in [0, 0.1) is 6.92 Å². The fourth-order valence-corrected chi connectivity index (χ4v) is 1.54. The number of hydrogen-bond donors (Lipinski definition) is 1. The van der Waals surface area contributed by atoms with Crippen molar-refractivity contribution in [2.45, 2.75) is 19.8 Å². The van der Waals surface area contributed by atoms with Gasteiger partial charge >= 0.3 is 5.97 Å². The molecule has 4 nitrogen and oxygen atoms in total. The number of rotatable bonds is 3.